The predicted octanol–water partition coefficient (Wildman–Crippen LogP) is 3.32. The number of hydrogen-bond acceptors (Lipinski definition) is 3. The first-order valence-corrected chi connectivity index (χ1v) is 6.90. The van der Waals surface area contributed by atoms with Crippen LogP contribution in [-0.2, 0) is 0 Å². The van der Waals surface area contributed by atoms with Crippen molar-refractivity contribution in [1.82, 2.24) is 15.5 Å². The second-order valence-corrected chi connectivity index (χ2v) is 5.04. The summed E-state index contributed by atoms with van der Waals surface area (Å²) >= 11 is 0. The molecule has 1 aromatic heterocycles. The maximum atomic E-state index is 14.4. The van der Waals surface area contributed by atoms with Gasteiger partial charge >= 0.3 is 0 Å². The Balaban J connectivity index is 2.47. The Morgan fingerprint density at radius 1 is 1.25 bits per heavy atom. The van der Waals surface area contributed by atoms with Crippen LogP contribution in [0.3, 0.4) is 0 Å². The average Bonchev–Trinajstić information content (AvgIpc) is 2.42. The van der Waals surface area contributed by atoms with Crippen LogP contribution in [0.2, 0.25) is 0 Å². The van der Waals surface area contributed by atoms with Gasteiger partial charge in [0.25, 0.3) is 0 Å². The number of halogens is 1. The van der Waals surface area contributed by atoms with Gasteiger partial charge in [-0.25, -0.2) is 4.39 Å². The third-order valence-electron chi connectivity index (χ3n) is 3.31. The van der Waals surface area contributed by atoms with E-state index in [2.05, 4.69) is 22.4 Å². The van der Waals surface area contributed by atoms with E-state index in [0.717, 1.165) is 29.7 Å². The van der Waals surface area contributed by atoms with E-state index >= 15 is 0 Å². The van der Waals surface area contributed by atoms with Gasteiger partial charge in [0.2, 0.25) is 0 Å². The standard InChI is InChI=1S/C16H20FN3/c1-4-6-18-16(13-5-7-19-20-10-13)15-12(3)8-11(2)9-14(15)17/h5,7-10,16,18H,4,6H2,1-3H3. The smallest absolute Gasteiger partial charge is 0.128 e. The van der Waals surface area contributed by atoms with Crippen molar-refractivity contribution >= 4 is 0 Å². The number of rotatable bonds is 5. The maximum absolute atomic E-state index is 14.4. The fraction of sp³-hybridized carbons (Fsp3) is 0.375. The van der Waals surface area contributed by atoms with E-state index in [9.17, 15) is 4.39 Å². The van der Waals surface area contributed by atoms with E-state index in [4.69, 9.17) is 0 Å². The molecule has 4 heteroatoms. The molecule has 2 rings (SSSR count). The summed E-state index contributed by atoms with van der Waals surface area (Å²) in [4.78, 5) is 0. The molecule has 1 aromatic carbocycles. The predicted molar refractivity (Wildman–Crippen MR) is 78.0 cm³/mol. The molecule has 3 nitrogen and oxygen atoms in total. The fourth-order valence-corrected chi connectivity index (χ4v) is 2.44. The fourth-order valence-electron chi connectivity index (χ4n) is 2.44. The van der Waals surface area contributed by atoms with Gasteiger partial charge in [-0.15, -0.1) is 0 Å². The number of nitrogens with one attached hydrogen (secondary N) is 1. The normalized spacial score (nSPS) is 12.4. The number of aryl methyl sites for hydroxylation is 2. The molecule has 106 valence electrons. The maximum Gasteiger partial charge on any atom is 0.128 e. The molecule has 2 aromatic rings. The van der Waals surface area contributed by atoms with Crippen molar-refractivity contribution in [2.24, 2.45) is 0 Å². The third-order valence-corrected chi connectivity index (χ3v) is 3.31. The van der Waals surface area contributed by atoms with Crippen molar-refractivity contribution in [1.29, 1.82) is 0 Å². The summed E-state index contributed by atoms with van der Waals surface area (Å²) < 4.78 is 14.4. The van der Waals surface area contributed by atoms with Crippen LogP contribution in [0.1, 0.15) is 41.6 Å². The zero-order valence-corrected chi connectivity index (χ0v) is 12.2. The van der Waals surface area contributed by atoms with E-state index < -0.39 is 0 Å². The zero-order chi connectivity index (χ0) is 14.5. The van der Waals surface area contributed by atoms with Crippen molar-refractivity contribution in [3.63, 3.8) is 0 Å². The van der Waals surface area contributed by atoms with Crippen molar-refractivity contribution in [3.8, 4) is 0 Å². The summed E-state index contributed by atoms with van der Waals surface area (Å²) in [6, 6.07) is 5.27. The summed E-state index contributed by atoms with van der Waals surface area (Å²) in [5.74, 6) is -0.173. The Bertz CT molecular complexity index is 546. The van der Waals surface area contributed by atoms with E-state index in [1.165, 1.54) is 0 Å². The highest BCUT2D eigenvalue weighted by atomic mass is 19.1. The molecule has 0 saturated heterocycles. The summed E-state index contributed by atoms with van der Waals surface area (Å²) in [5.41, 5.74) is 3.51. The van der Waals surface area contributed by atoms with Gasteiger partial charge in [0.05, 0.1) is 12.2 Å². The lowest BCUT2D eigenvalue weighted by Gasteiger charge is -2.22. The lowest BCUT2D eigenvalue weighted by atomic mass is 9.94. The number of nitrogens with zero attached hydrogens (tertiary/aromatic N) is 2. The molecule has 0 aliphatic carbocycles. The van der Waals surface area contributed by atoms with E-state index in [1.807, 2.05) is 26.0 Å². The van der Waals surface area contributed by atoms with Gasteiger partial charge in [-0.3, -0.25) is 0 Å². The number of benzene rings is 1. The van der Waals surface area contributed by atoms with E-state index in [0.29, 0.717) is 5.56 Å². The molecule has 0 spiro atoms. The molecule has 1 atom stereocenters. The lowest BCUT2D eigenvalue weighted by Crippen LogP contribution is -2.25. The van der Waals surface area contributed by atoms with Crippen LogP contribution in [0.25, 0.3) is 0 Å². The minimum Gasteiger partial charge on any atom is -0.306 e. The molecule has 1 heterocycles. The highest BCUT2D eigenvalue weighted by Crippen LogP contribution is 2.27. The minimum atomic E-state index is -0.189. The van der Waals surface area contributed by atoms with Gasteiger partial charge in [-0.05, 0) is 55.6 Å². The van der Waals surface area contributed by atoms with Crippen molar-refractivity contribution < 1.29 is 4.39 Å². The van der Waals surface area contributed by atoms with Crippen LogP contribution in [-0.4, -0.2) is 16.7 Å². The molecule has 0 amide bonds. The minimum absolute atomic E-state index is 0.173. The Hall–Kier alpha value is -1.81. The van der Waals surface area contributed by atoms with Gasteiger partial charge in [-0.1, -0.05) is 13.0 Å². The van der Waals surface area contributed by atoms with Crippen LogP contribution in [0, 0.1) is 19.7 Å². The summed E-state index contributed by atoms with van der Waals surface area (Å²) in [7, 11) is 0. The van der Waals surface area contributed by atoms with Crippen molar-refractivity contribution in [2.45, 2.75) is 33.2 Å². The van der Waals surface area contributed by atoms with Gasteiger partial charge in [0.1, 0.15) is 5.82 Å². The Morgan fingerprint density at radius 2 is 2.05 bits per heavy atom. The molecule has 0 saturated carbocycles. The molecule has 1 unspecified atom stereocenters. The third kappa shape index (κ3) is 3.20. The number of hydrogen-bond donors (Lipinski definition) is 1. The van der Waals surface area contributed by atoms with E-state index in [-0.39, 0.29) is 11.9 Å². The van der Waals surface area contributed by atoms with Gasteiger partial charge in [0, 0.05) is 11.8 Å². The Morgan fingerprint density at radius 3 is 2.65 bits per heavy atom. The molecule has 0 aliphatic rings. The average molecular weight is 273 g/mol. The highest BCUT2D eigenvalue weighted by molar-refractivity contribution is 5.39. The second kappa shape index (κ2) is 6.57. The molecular weight excluding hydrogens is 253 g/mol. The van der Waals surface area contributed by atoms with Gasteiger partial charge in [0.15, 0.2) is 0 Å². The van der Waals surface area contributed by atoms with Gasteiger partial charge in [-0.2, -0.15) is 10.2 Å². The lowest BCUT2D eigenvalue weighted by molar-refractivity contribution is 0.541. The highest BCUT2D eigenvalue weighted by Gasteiger charge is 2.20. The molecule has 0 radical (unpaired) electrons. The summed E-state index contributed by atoms with van der Waals surface area (Å²) in [6.07, 6.45) is 4.31. The van der Waals surface area contributed by atoms with Crippen molar-refractivity contribution in [3.05, 3.63) is 58.7 Å². The van der Waals surface area contributed by atoms with E-state index in [1.54, 1.807) is 18.5 Å². The Kier molecular flexibility index (Phi) is 4.79. The zero-order valence-electron chi connectivity index (χ0n) is 12.2. The first-order valence-electron chi connectivity index (χ1n) is 6.90. The molecule has 0 aliphatic heterocycles. The molecule has 20 heavy (non-hydrogen) atoms. The quantitative estimate of drug-likeness (QED) is 0.908. The molecule has 0 fully saturated rings. The van der Waals surface area contributed by atoms with Crippen LogP contribution in [0.4, 0.5) is 4.39 Å². The topological polar surface area (TPSA) is 37.8 Å². The molecule has 0 bridgehead atoms. The van der Waals surface area contributed by atoms with Crippen LogP contribution in [0.15, 0.2) is 30.6 Å². The van der Waals surface area contributed by atoms with Crippen LogP contribution >= 0.6 is 0 Å². The first kappa shape index (κ1) is 14.6. The van der Waals surface area contributed by atoms with Crippen molar-refractivity contribution in [2.75, 3.05) is 6.54 Å². The number of aromatic nitrogens is 2. The monoisotopic (exact) mass is 273 g/mol. The Labute approximate surface area is 119 Å². The summed E-state index contributed by atoms with van der Waals surface area (Å²) in [5, 5.41) is 11.1. The second-order valence-electron chi connectivity index (χ2n) is 5.04. The van der Waals surface area contributed by atoms with Crippen LogP contribution < -0.4 is 5.32 Å². The van der Waals surface area contributed by atoms with Crippen LogP contribution in [0.5, 0.6) is 0 Å². The molecule has 1 N–H and O–H groups in total. The van der Waals surface area contributed by atoms with Gasteiger partial charge < -0.3 is 5.32 Å². The summed E-state index contributed by atoms with van der Waals surface area (Å²) in [6.45, 7) is 6.76. The first-order chi connectivity index (χ1) is 9.63. The SMILES string of the molecule is CCCNC(c1ccnnc1)c1c(C)cc(C)cc1F. The molecular formula is C16H20FN3. The largest absolute Gasteiger partial charge is 0.306 e.